The summed E-state index contributed by atoms with van der Waals surface area (Å²) in [5.41, 5.74) is 0.912. The maximum atomic E-state index is 11.5. The summed E-state index contributed by atoms with van der Waals surface area (Å²) >= 11 is 5.85. The first-order chi connectivity index (χ1) is 6.77. The Kier molecular flexibility index (Phi) is 2.70. The van der Waals surface area contributed by atoms with Gasteiger partial charge in [-0.2, -0.15) is 0 Å². The van der Waals surface area contributed by atoms with E-state index in [0.717, 1.165) is 12.1 Å². The van der Waals surface area contributed by atoms with Crippen molar-refractivity contribution in [3.05, 3.63) is 34.9 Å². The molecule has 3 nitrogen and oxygen atoms in total. The van der Waals surface area contributed by atoms with Gasteiger partial charge < -0.3 is 10.6 Å². The summed E-state index contributed by atoms with van der Waals surface area (Å²) in [5.74, 6) is 0.0125. The van der Waals surface area contributed by atoms with Crippen molar-refractivity contribution >= 4 is 17.5 Å². The lowest BCUT2D eigenvalue weighted by atomic mass is 10.1. The van der Waals surface area contributed by atoms with E-state index in [1.54, 1.807) is 6.07 Å². The highest BCUT2D eigenvalue weighted by Crippen LogP contribution is 2.18. The Balaban J connectivity index is 2.24. The van der Waals surface area contributed by atoms with Gasteiger partial charge in [0.2, 0.25) is 5.91 Å². The average Bonchev–Trinajstić information content (AvgIpc) is 2.18. The highest BCUT2D eigenvalue weighted by molar-refractivity contribution is 6.30. The topological polar surface area (TPSA) is 41.1 Å². The van der Waals surface area contributed by atoms with E-state index in [1.807, 2.05) is 18.2 Å². The molecule has 1 unspecified atom stereocenters. The van der Waals surface area contributed by atoms with Crippen molar-refractivity contribution in [3.8, 4) is 0 Å². The first kappa shape index (κ1) is 9.49. The molecule has 0 spiro atoms. The molecule has 1 heterocycles. The summed E-state index contributed by atoms with van der Waals surface area (Å²) in [6.45, 7) is 1.48. The van der Waals surface area contributed by atoms with Gasteiger partial charge in [-0.25, -0.2) is 0 Å². The van der Waals surface area contributed by atoms with Gasteiger partial charge in [-0.1, -0.05) is 23.7 Å². The smallest absolute Gasteiger partial charge is 0.241 e. The first-order valence-corrected chi connectivity index (χ1v) is 4.92. The van der Waals surface area contributed by atoms with Gasteiger partial charge in [0, 0.05) is 18.1 Å². The molecule has 74 valence electrons. The van der Waals surface area contributed by atoms with E-state index in [4.69, 9.17) is 11.6 Å². The Morgan fingerprint density at radius 1 is 1.36 bits per heavy atom. The Bertz CT molecular complexity index is 354. The second kappa shape index (κ2) is 3.98. The highest BCUT2D eigenvalue weighted by atomic mass is 35.5. The number of carbonyl (C=O) groups excluding carboxylic acids is 1. The summed E-state index contributed by atoms with van der Waals surface area (Å²) in [7, 11) is 0. The number of halogens is 1. The monoisotopic (exact) mass is 210 g/mol. The van der Waals surface area contributed by atoms with Crippen LogP contribution in [0.2, 0.25) is 5.02 Å². The van der Waals surface area contributed by atoms with Gasteiger partial charge >= 0.3 is 0 Å². The minimum atomic E-state index is -0.262. The summed E-state index contributed by atoms with van der Waals surface area (Å²) in [5, 5.41) is 6.60. The molecule has 1 aliphatic rings. The van der Waals surface area contributed by atoms with E-state index in [-0.39, 0.29) is 11.9 Å². The van der Waals surface area contributed by atoms with Gasteiger partial charge in [0.05, 0.1) is 0 Å². The molecule has 1 aliphatic heterocycles. The minimum absolute atomic E-state index is 0.0125. The highest BCUT2D eigenvalue weighted by Gasteiger charge is 2.22. The number of piperazine rings is 1. The zero-order valence-corrected chi connectivity index (χ0v) is 8.34. The normalized spacial score (nSPS) is 21.8. The average molecular weight is 211 g/mol. The van der Waals surface area contributed by atoms with Gasteiger partial charge in [-0.05, 0) is 17.7 Å². The summed E-state index contributed by atoms with van der Waals surface area (Å²) in [4.78, 5) is 11.5. The fourth-order valence-electron chi connectivity index (χ4n) is 1.55. The zero-order chi connectivity index (χ0) is 9.97. The Morgan fingerprint density at radius 3 is 2.93 bits per heavy atom. The summed E-state index contributed by atoms with van der Waals surface area (Å²) < 4.78 is 0. The Hall–Kier alpha value is -1.06. The predicted molar refractivity (Wildman–Crippen MR) is 55.2 cm³/mol. The number of hydrogen-bond acceptors (Lipinski definition) is 2. The Morgan fingerprint density at radius 2 is 2.21 bits per heavy atom. The SMILES string of the molecule is O=C1NCCNC1c1cccc(Cl)c1. The van der Waals surface area contributed by atoms with Crippen LogP contribution in [0.25, 0.3) is 0 Å². The lowest BCUT2D eigenvalue weighted by Gasteiger charge is -2.23. The van der Waals surface area contributed by atoms with E-state index < -0.39 is 0 Å². The van der Waals surface area contributed by atoms with E-state index in [0.29, 0.717) is 11.6 Å². The summed E-state index contributed by atoms with van der Waals surface area (Å²) in [6.07, 6.45) is 0. The number of amides is 1. The third-order valence-electron chi connectivity index (χ3n) is 2.22. The maximum absolute atomic E-state index is 11.5. The largest absolute Gasteiger partial charge is 0.353 e. The second-order valence-corrected chi connectivity index (χ2v) is 3.67. The number of nitrogens with one attached hydrogen (secondary N) is 2. The molecule has 2 rings (SSSR count). The third-order valence-corrected chi connectivity index (χ3v) is 2.45. The van der Waals surface area contributed by atoms with E-state index in [9.17, 15) is 4.79 Å². The molecule has 0 aliphatic carbocycles. The van der Waals surface area contributed by atoms with E-state index in [2.05, 4.69) is 10.6 Å². The van der Waals surface area contributed by atoms with Crippen LogP contribution in [0.15, 0.2) is 24.3 Å². The van der Waals surface area contributed by atoms with Crippen LogP contribution < -0.4 is 10.6 Å². The molecule has 0 bridgehead atoms. The molecule has 0 radical (unpaired) electrons. The molecule has 14 heavy (non-hydrogen) atoms. The molecule has 0 aromatic heterocycles. The van der Waals surface area contributed by atoms with Crippen LogP contribution in [0, 0.1) is 0 Å². The standard InChI is InChI=1S/C10H11ClN2O/c11-8-3-1-2-7(6-8)9-10(14)13-5-4-12-9/h1-3,6,9,12H,4-5H2,(H,13,14). The Labute approximate surface area is 87.4 Å². The molecule has 2 N–H and O–H groups in total. The molecular formula is C10H11ClN2O. The maximum Gasteiger partial charge on any atom is 0.241 e. The van der Waals surface area contributed by atoms with Crippen LogP contribution in [0.3, 0.4) is 0 Å². The number of hydrogen-bond donors (Lipinski definition) is 2. The van der Waals surface area contributed by atoms with E-state index in [1.165, 1.54) is 0 Å². The zero-order valence-electron chi connectivity index (χ0n) is 7.59. The van der Waals surface area contributed by atoms with Crippen molar-refractivity contribution in [1.29, 1.82) is 0 Å². The number of rotatable bonds is 1. The van der Waals surface area contributed by atoms with Crippen molar-refractivity contribution in [3.63, 3.8) is 0 Å². The van der Waals surface area contributed by atoms with Crippen LogP contribution in [0.4, 0.5) is 0 Å². The van der Waals surface area contributed by atoms with Crippen molar-refractivity contribution in [2.75, 3.05) is 13.1 Å². The molecule has 1 amide bonds. The van der Waals surface area contributed by atoms with Gasteiger partial charge in [0.25, 0.3) is 0 Å². The molecule has 1 atom stereocenters. The lowest BCUT2D eigenvalue weighted by Crippen LogP contribution is -2.47. The van der Waals surface area contributed by atoms with Crippen molar-refractivity contribution < 1.29 is 4.79 Å². The van der Waals surface area contributed by atoms with Crippen molar-refractivity contribution in [1.82, 2.24) is 10.6 Å². The third kappa shape index (κ3) is 1.89. The first-order valence-electron chi connectivity index (χ1n) is 4.54. The fraction of sp³-hybridized carbons (Fsp3) is 0.300. The van der Waals surface area contributed by atoms with Gasteiger partial charge in [-0.15, -0.1) is 0 Å². The molecule has 1 aromatic carbocycles. The predicted octanol–water partition coefficient (Wildman–Crippen LogP) is 1.10. The van der Waals surface area contributed by atoms with Crippen LogP contribution in [0.1, 0.15) is 11.6 Å². The lowest BCUT2D eigenvalue weighted by molar-refractivity contribution is -0.124. The van der Waals surface area contributed by atoms with Crippen molar-refractivity contribution in [2.45, 2.75) is 6.04 Å². The quantitative estimate of drug-likeness (QED) is 0.729. The molecule has 4 heteroatoms. The molecule has 0 saturated carbocycles. The van der Waals surface area contributed by atoms with Gasteiger partial charge in [-0.3, -0.25) is 4.79 Å². The molecular weight excluding hydrogens is 200 g/mol. The molecule has 1 fully saturated rings. The van der Waals surface area contributed by atoms with Crippen LogP contribution >= 0.6 is 11.6 Å². The van der Waals surface area contributed by atoms with Crippen molar-refractivity contribution in [2.24, 2.45) is 0 Å². The van der Waals surface area contributed by atoms with Crippen LogP contribution in [-0.2, 0) is 4.79 Å². The van der Waals surface area contributed by atoms with Crippen LogP contribution in [0.5, 0.6) is 0 Å². The second-order valence-electron chi connectivity index (χ2n) is 3.23. The number of benzene rings is 1. The molecule has 1 aromatic rings. The number of carbonyl (C=O) groups is 1. The van der Waals surface area contributed by atoms with E-state index >= 15 is 0 Å². The van der Waals surface area contributed by atoms with Gasteiger partial charge in [0.15, 0.2) is 0 Å². The minimum Gasteiger partial charge on any atom is -0.353 e. The fourth-order valence-corrected chi connectivity index (χ4v) is 1.75. The van der Waals surface area contributed by atoms with Crippen LogP contribution in [-0.4, -0.2) is 19.0 Å². The summed E-state index contributed by atoms with van der Waals surface area (Å²) in [6, 6.07) is 7.09. The van der Waals surface area contributed by atoms with Gasteiger partial charge in [0.1, 0.15) is 6.04 Å². The molecule has 1 saturated heterocycles.